The highest BCUT2D eigenvalue weighted by molar-refractivity contribution is 5.99. The number of nitrogens with zero attached hydrogens (tertiary/aromatic N) is 6. The molecule has 4 N–H and O–H groups in total. The molecule has 2 aromatic carbocycles. The highest BCUT2D eigenvalue weighted by Crippen LogP contribution is 2.28. The highest BCUT2D eigenvalue weighted by atomic mass is 16.6. The Morgan fingerprint density at radius 3 is 2.53 bits per heavy atom. The Hall–Kier alpha value is -5.07. The van der Waals surface area contributed by atoms with E-state index in [2.05, 4.69) is 41.1 Å². The van der Waals surface area contributed by atoms with Crippen molar-refractivity contribution in [3.8, 4) is 22.8 Å². The maximum Gasteiger partial charge on any atom is 0.294 e. The van der Waals surface area contributed by atoms with E-state index >= 15 is 0 Å². The van der Waals surface area contributed by atoms with Gasteiger partial charge in [0.25, 0.3) is 5.91 Å². The van der Waals surface area contributed by atoms with Gasteiger partial charge in [-0.2, -0.15) is 9.78 Å². The molecule has 0 aliphatic heterocycles. The van der Waals surface area contributed by atoms with Crippen molar-refractivity contribution < 1.29 is 19.0 Å². The first-order valence-corrected chi connectivity index (χ1v) is 10.9. The molecule has 0 unspecified atom stereocenters. The summed E-state index contributed by atoms with van der Waals surface area (Å²) in [5.41, 5.74) is 10.5. The van der Waals surface area contributed by atoms with Gasteiger partial charge in [-0.15, -0.1) is 5.10 Å². The topological polar surface area (TPSA) is 175 Å². The zero-order valence-corrected chi connectivity index (χ0v) is 19.5. The van der Waals surface area contributed by atoms with E-state index in [1.54, 1.807) is 48.5 Å². The molecule has 2 amide bonds. The highest BCUT2D eigenvalue weighted by Gasteiger charge is 2.25. The summed E-state index contributed by atoms with van der Waals surface area (Å²) in [7, 11) is 0. The number of anilines is 2. The SMILES string of the molecule is CCCOc1ccc(-c2c(C(=O)N/N=C\c3ccc(NC(C)=O)cc3)nnn2-c2nonc2N)cc1. The molecule has 13 heteroatoms. The van der Waals surface area contributed by atoms with E-state index in [0.717, 1.165) is 6.42 Å². The third-order valence-electron chi connectivity index (χ3n) is 4.79. The summed E-state index contributed by atoms with van der Waals surface area (Å²) in [4.78, 5) is 24.1. The Morgan fingerprint density at radius 1 is 1.14 bits per heavy atom. The minimum absolute atomic E-state index is 0.0159. The van der Waals surface area contributed by atoms with Crippen LogP contribution in [0.25, 0.3) is 17.1 Å². The summed E-state index contributed by atoms with van der Waals surface area (Å²) in [6.07, 6.45) is 2.33. The van der Waals surface area contributed by atoms with Gasteiger partial charge in [-0.05, 0) is 58.7 Å². The summed E-state index contributed by atoms with van der Waals surface area (Å²) < 4.78 is 11.6. The fourth-order valence-corrected chi connectivity index (χ4v) is 3.18. The molecule has 2 aromatic heterocycles. The number of amides is 2. The van der Waals surface area contributed by atoms with Crippen LogP contribution in [0.3, 0.4) is 0 Å². The minimum atomic E-state index is -0.608. The first-order chi connectivity index (χ1) is 17.5. The van der Waals surface area contributed by atoms with Crippen molar-refractivity contribution in [3.63, 3.8) is 0 Å². The lowest BCUT2D eigenvalue weighted by atomic mass is 10.1. The smallest absolute Gasteiger partial charge is 0.294 e. The molecular formula is C23H23N9O4. The Bertz CT molecular complexity index is 1380. The molecule has 0 saturated carbocycles. The maximum absolute atomic E-state index is 13.0. The van der Waals surface area contributed by atoms with E-state index in [9.17, 15) is 9.59 Å². The van der Waals surface area contributed by atoms with Crippen LogP contribution in [0.4, 0.5) is 11.5 Å². The number of benzene rings is 2. The van der Waals surface area contributed by atoms with E-state index in [1.165, 1.54) is 17.8 Å². The van der Waals surface area contributed by atoms with Gasteiger partial charge >= 0.3 is 0 Å². The van der Waals surface area contributed by atoms with Crippen LogP contribution in [-0.4, -0.2) is 49.9 Å². The van der Waals surface area contributed by atoms with Crippen molar-refractivity contribution in [2.24, 2.45) is 5.10 Å². The first-order valence-electron chi connectivity index (χ1n) is 10.9. The van der Waals surface area contributed by atoms with Crippen LogP contribution in [0.5, 0.6) is 5.75 Å². The predicted octanol–water partition coefficient (Wildman–Crippen LogP) is 2.41. The van der Waals surface area contributed by atoms with Gasteiger partial charge in [0, 0.05) is 18.2 Å². The summed E-state index contributed by atoms with van der Waals surface area (Å²) >= 11 is 0. The molecule has 0 fully saturated rings. The largest absolute Gasteiger partial charge is 0.494 e. The van der Waals surface area contributed by atoms with Gasteiger partial charge in [0.05, 0.1) is 12.8 Å². The van der Waals surface area contributed by atoms with Gasteiger partial charge in [0.15, 0.2) is 5.69 Å². The van der Waals surface area contributed by atoms with E-state index in [4.69, 9.17) is 10.5 Å². The summed E-state index contributed by atoms with van der Waals surface area (Å²) in [6, 6.07) is 14.0. The molecule has 0 radical (unpaired) electrons. The Labute approximate surface area is 205 Å². The van der Waals surface area contributed by atoms with Gasteiger partial charge in [-0.3, -0.25) is 9.59 Å². The predicted molar refractivity (Wildman–Crippen MR) is 131 cm³/mol. The lowest BCUT2D eigenvalue weighted by Crippen LogP contribution is -2.19. The number of nitrogen functional groups attached to an aromatic ring is 1. The van der Waals surface area contributed by atoms with Crippen molar-refractivity contribution in [3.05, 3.63) is 59.8 Å². The van der Waals surface area contributed by atoms with E-state index < -0.39 is 5.91 Å². The quantitative estimate of drug-likeness (QED) is 0.235. The third-order valence-corrected chi connectivity index (χ3v) is 4.79. The zero-order chi connectivity index (χ0) is 25.5. The fourth-order valence-electron chi connectivity index (χ4n) is 3.18. The number of hydrazone groups is 1. The van der Waals surface area contributed by atoms with Crippen LogP contribution in [0.2, 0.25) is 0 Å². The number of rotatable bonds is 9. The number of nitrogens with two attached hydrogens (primary N) is 1. The van der Waals surface area contributed by atoms with Crippen LogP contribution in [0, 0.1) is 0 Å². The van der Waals surface area contributed by atoms with Gasteiger partial charge < -0.3 is 15.8 Å². The molecule has 13 nitrogen and oxygen atoms in total. The molecule has 0 saturated heterocycles. The summed E-state index contributed by atoms with van der Waals surface area (Å²) in [5.74, 6) is -0.0211. The van der Waals surface area contributed by atoms with Crippen molar-refractivity contribution in [1.82, 2.24) is 30.7 Å². The second kappa shape index (κ2) is 10.9. The number of nitrogens with one attached hydrogen (secondary N) is 2. The average molecular weight is 489 g/mol. The molecule has 4 aromatic rings. The van der Waals surface area contributed by atoms with Crippen LogP contribution in [0.15, 0.2) is 58.3 Å². The number of aromatic nitrogens is 5. The van der Waals surface area contributed by atoms with Crippen molar-refractivity contribution in [2.75, 3.05) is 17.7 Å². The lowest BCUT2D eigenvalue weighted by molar-refractivity contribution is -0.114. The molecule has 184 valence electrons. The number of hydrogen-bond donors (Lipinski definition) is 3. The molecule has 0 atom stereocenters. The molecule has 0 aliphatic carbocycles. The second-order valence-electron chi connectivity index (χ2n) is 7.55. The first kappa shape index (κ1) is 24.1. The Kier molecular flexibility index (Phi) is 7.29. The van der Waals surface area contributed by atoms with Crippen molar-refractivity contribution in [1.29, 1.82) is 0 Å². The van der Waals surface area contributed by atoms with Crippen LogP contribution in [-0.2, 0) is 4.79 Å². The van der Waals surface area contributed by atoms with Gasteiger partial charge in [0.2, 0.25) is 17.5 Å². The van der Waals surface area contributed by atoms with E-state index in [-0.39, 0.29) is 23.2 Å². The number of ether oxygens (including phenoxy) is 1. The van der Waals surface area contributed by atoms with Crippen molar-refractivity contribution >= 4 is 29.5 Å². The molecule has 36 heavy (non-hydrogen) atoms. The van der Waals surface area contributed by atoms with Gasteiger partial charge in [-0.1, -0.05) is 24.3 Å². The normalized spacial score (nSPS) is 10.9. The van der Waals surface area contributed by atoms with E-state index in [1.807, 2.05) is 6.92 Å². The van der Waals surface area contributed by atoms with Gasteiger partial charge in [0.1, 0.15) is 11.4 Å². The fraction of sp³-hybridized carbons (Fsp3) is 0.174. The van der Waals surface area contributed by atoms with Crippen molar-refractivity contribution in [2.45, 2.75) is 20.3 Å². The number of hydrogen-bond acceptors (Lipinski definition) is 10. The molecule has 0 spiro atoms. The maximum atomic E-state index is 13.0. The molecular weight excluding hydrogens is 466 g/mol. The standard InChI is InChI=1S/C23H23N9O4/c1-3-12-35-18-10-6-16(7-11-18)20-19(27-31-32(20)22-21(24)29-36-30-22)23(34)28-25-13-15-4-8-17(9-5-15)26-14(2)33/h4-11,13H,3,12H2,1-2H3,(H2,24,29)(H,26,33)(H,28,34)/b25-13-. The van der Waals surface area contributed by atoms with Crippen LogP contribution >= 0.6 is 0 Å². The van der Waals surface area contributed by atoms with Crippen LogP contribution < -0.4 is 21.2 Å². The summed E-state index contributed by atoms with van der Waals surface area (Å²) in [6.45, 7) is 4.03. The lowest BCUT2D eigenvalue weighted by Gasteiger charge is -2.08. The molecule has 4 rings (SSSR count). The minimum Gasteiger partial charge on any atom is -0.494 e. The Balaban J connectivity index is 1.58. The summed E-state index contributed by atoms with van der Waals surface area (Å²) in [5, 5.41) is 22.1. The average Bonchev–Trinajstić information content (AvgIpc) is 3.49. The zero-order valence-electron chi connectivity index (χ0n) is 19.5. The molecule has 0 aliphatic rings. The molecule has 0 bridgehead atoms. The van der Waals surface area contributed by atoms with E-state index in [0.29, 0.717) is 34.9 Å². The second-order valence-corrected chi connectivity index (χ2v) is 7.55. The Morgan fingerprint density at radius 2 is 1.89 bits per heavy atom. The van der Waals surface area contributed by atoms with Gasteiger partial charge in [-0.25, -0.2) is 10.1 Å². The molecule has 2 heterocycles. The number of carbonyl (C=O) groups excluding carboxylic acids is 2. The third kappa shape index (κ3) is 5.52. The monoisotopic (exact) mass is 489 g/mol. The van der Waals surface area contributed by atoms with Crippen LogP contribution in [0.1, 0.15) is 36.3 Å². The number of carbonyl (C=O) groups is 2.